The second-order valence-electron chi connectivity index (χ2n) is 3.88. The van der Waals surface area contributed by atoms with Crippen LogP contribution in [-0.2, 0) is 12.3 Å². The fourth-order valence-electron chi connectivity index (χ4n) is 1.46. The minimum Gasteiger partial charge on any atom is -0.376 e. The third-order valence-electron chi connectivity index (χ3n) is 2.31. The van der Waals surface area contributed by atoms with E-state index < -0.39 is 0 Å². The van der Waals surface area contributed by atoms with Gasteiger partial charge in [0.15, 0.2) is 5.82 Å². The first-order valence-corrected chi connectivity index (χ1v) is 7.22. The Bertz CT molecular complexity index is 458. The number of para-hydroxylation sites is 1. The smallest absolute Gasteiger partial charge is 0.245 e. The summed E-state index contributed by atoms with van der Waals surface area (Å²) in [5.74, 6) is 3.36. The number of hydrogen-bond donors (Lipinski definition) is 1. The maximum atomic E-state index is 5.18. The van der Waals surface area contributed by atoms with Crippen molar-refractivity contribution in [3.63, 3.8) is 0 Å². The van der Waals surface area contributed by atoms with Crippen LogP contribution in [0.4, 0.5) is 5.69 Å². The molecule has 0 aliphatic rings. The quantitative estimate of drug-likeness (QED) is 0.776. The first-order valence-electron chi connectivity index (χ1n) is 6.06. The van der Waals surface area contributed by atoms with Crippen molar-refractivity contribution < 1.29 is 4.52 Å². The number of benzene rings is 1. The first-order chi connectivity index (χ1) is 8.88. The Morgan fingerprint density at radius 2 is 2.11 bits per heavy atom. The van der Waals surface area contributed by atoms with Crippen LogP contribution < -0.4 is 5.32 Å². The Morgan fingerprint density at radius 1 is 1.28 bits per heavy atom. The SMILES string of the molecule is CCCSCc1noc(CNc2ccccc2)n1. The molecule has 1 N–H and O–H groups in total. The number of nitrogens with one attached hydrogen (secondary N) is 1. The maximum Gasteiger partial charge on any atom is 0.245 e. The zero-order valence-corrected chi connectivity index (χ0v) is 11.2. The standard InChI is InChI=1S/C13H17N3OS/c1-2-8-18-10-12-15-13(17-16-12)9-14-11-6-4-3-5-7-11/h3-7,14H,2,8-10H2,1H3. The van der Waals surface area contributed by atoms with Crippen LogP contribution >= 0.6 is 11.8 Å². The van der Waals surface area contributed by atoms with Crippen LogP contribution in [0.1, 0.15) is 25.1 Å². The summed E-state index contributed by atoms with van der Waals surface area (Å²) in [6.45, 7) is 2.73. The monoisotopic (exact) mass is 263 g/mol. The Hall–Kier alpha value is -1.49. The number of anilines is 1. The second-order valence-corrected chi connectivity index (χ2v) is 4.98. The molecule has 4 nitrogen and oxygen atoms in total. The van der Waals surface area contributed by atoms with Gasteiger partial charge >= 0.3 is 0 Å². The van der Waals surface area contributed by atoms with Gasteiger partial charge < -0.3 is 9.84 Å². The highest BCUT2D eigenvalue weighted by Crippen LogP contribution is 2.11. The van der Waals surface area contributed by atoms with Gasteiger partial charge in [-0.1, -0.05) is 30.3 Å². The average molecular weight is 263 g/mol. The molecule has 0 fully saturated rings. The van der Waals surface area contributed by atoms with Crippen molar-refractivity contribution in [3.05, 3.63) is 42.0 Å². The van der Waals surface area contributed by atoms with Gasteiger partial charge in [0.25, 0.3) is 0 Å². The third kappa shape index (κ3) is 4.07. The summed E-state index contributed by atoms with van der Waals surface area (Å²) in [5, 5.41) is 7.19. The van der Waals surface area contributed by atoms with Crippen LogP contribution in [0, 0.1) is 0 Å². The minimum atomic E-state index is 0.565. The lowest BCUT2D eigenvalue weighted by atomic mass is 10.3. The lowest BCUT2D eigenvalue weighted by molar-refractivity contribution is 0.379. The van der Waals surface area contributed by atoms with Crippen LogP contribution in [0.25, 0.3) is 0 Å². The molecule has 2 aromatic rings. The van der Waals surface area contributed by atoms with Crippen LogP contribution in [0.15, 0.2) is 34.9 Å². The molecule has 96 valence electrons. The molecule has 0 saturated heterocycles. The van der Waals surface area contributed by atoms with Gasteiger partial charge in [-0.15, -0.1) is 0 Å². The number of thioether (sulfide) groups is 1. The van der Waals surface area contributed by atoms with Crippen molar-refractivity contribution >= 4 is 17.4 Å². The van der Waals surface area contributed by atoms with Gasteiger partial charge in [0.05, 0.1) is 12.3 Å². The van der Waals surface area contributed by atoms with Crippen molar-refractivity contribution in [2.45, 2.75) is 25.6 Å². The summed E-state index contributed by atoms with van der Waals surface area (Å²) in [6.07, 6.45) is 1.17. The van der Waals surface area contributed by atoms with E-state index in [-0.39, 0.29) is 0 Å². The zero-order valence-electron chi connectivity index (χ0n) is 10.4. The van der Waals surface area contributed by atoms with Crippen molar-refractivity contribution in [1.29, 1.82) is 0 Å². The highest BCUT2D eigenvalue weighted by molar-refractivity contribution is 7.98. The topological polar surface area (TPSA) is 51.0 Å². The fraction of sp³-hybridized carbons (Fsp3) is 0.385. The predicted octanol–water partition coefficient (Wildman–Crippen LogP) is 3.32. The largest absolute Gasteiger partial charge is 0.376 e. The molecule has 1 aromatic heterocycles. The average Bonchev–Trinajstić information content (AvgIpc) is 2.86. The molecule has 1 aromatic carbocycles. The van der Waals surface area contributed by atoms with Crippen LogP contribution in [-0.4, -0.2) is 15.9 Å². The Kier molecular flexibility index (Phi) is 5.08. The van der Waals surface area contributed by atoms with Crippen LogP contribution in [0.3, 0.4) is 0 Å². The van der Waals surface area contributed by atoms with Gasteiger partial charge in [0, 0.05) is 5.69 Å². The first kappa shape index (κ1) is 13.0. The van der Waals surface area contributed by atoms with E-state index in [4.69, 9.17) is 4.52 Å². The zero-order chi connectivity index (χ0) is 12.6. The highest BCUT2D eigenvalue weighted by Gasteiger charge is 2.05. The highest BCUT2D eigenvalue weighted by atomic mass is 32.2. The molecule has 0 bridgehead atoms. The molecule has 0 spiro atoms. The minimum absolute atomic E-state index is 0.565. The third-order valence-corrected chi connectivity index (χ3v) is 3.47. The van der Waals surface area contributed by atoms with Gasteiger partial charge in [-0.25, -0.2) is 0 Å². The van der Waals surface area contributed by atoms with Crippen molar-refractivity contribution in [2.75, 3.05) is 11.1 Å². The number of rotatable bonds is 7. The molecule has 0 radical (unpaired) electrons. The molecule has 0 unspecified atom stereocenters. The van der Waals surface area contributed by atoms with E-state index in [9.17, 15) is 0 Å². The Balaban J connectivity index is 1.80. The predicted molar refractivity (Wildman–Crippen MR) is 74.5 cm³/mol. The van der Waals surface area contributed by atoms with E-state index in [1.807, 2.05) is 42.1 Å². The van der Waals surface area contributed by atoms with Crippen LogP contribution in [0.2, 0.25) is 0 Å². The van der Waals surface area contributed by atoms with E-state index in [1.54, 1.807) is 0 Å². The summed E-state index contributed by atoms with van der Waals surface area (Å²) in [4.78, 5) is 4.34. The molecule has 5 heteroatoms. The van der Waals surface area contributed by atoms with Gasteiger partial charge in [-0.2, -0.15) is 16.7 Å². The van der Waals surface area contributed by atoms with Crippen molar-refractivity contribution in [3.8, 4) is 0 Å². The fourth-order valence-corrected chi connectivity index (χ4v) is 2.19. The molecule has 0 aliphatic heterocycles. The molecule has 0 aliphatic carbocycles. The molecule has 18 heavy (non-hydrogen) atoms. The summed E-state index contributed by atoms with van der Waals surface area (Å²) in [5.41, 5.74) is 1.05. The maximum absolute atomic E-state index is 5.18. The summed E-state index contributed by atoms with van der Waals surface area (Å²) in [7, 11) is 0. The van der Waals surface area contributed by atoms with Gasteiger partial charge in [0.1, 0.15) is 0 Å². The molecule has 2 rings (SSSR count). The number of nitrogens with zero attached hydrogens (tertiary/aromatic N) is 2. The van der Waals surface area contributed by atoms with E-state index in [2.05, 4.69) is 22.4 Å². The van der Waals surface area contributed by atoms with Crippen LogP contribution in [0.5, 0.6) is 0 Å². The second kappa shape index (κ2) is 7.06. The summed E-state index contributed by atoms with van der Waals surface area (Å²) in [6, 6.07) is 9.98. The Morgan fingerprint density at radius 3 is 2.89 bits per heavy atom. The van der Waals surface area contributed by atoms with Gasteiger partial charge in [-0.05, 0) is 24.3 Å². The number of hydrogen-bond acceptors (Lipinski definition) is 5. The van der Waals surface area contributed by atoms with E-state index in [0.29, 0.717) is 12.4 Å². The van der Waals surface area contributed by atoms with E-state index in [0.717, 1.165) is 23.0 Å². The van der Waals surface area contributed by atoms with Crippen molar-refractivity contribution in [2.24, 2.45) is 0 Å². The molecule has 0 amide bonds. The summed E-state index contributed by atoms with van der Waals surface area (Å²) >= 11 is 1.83. The van der Waals surface area contributed by atoms with Gasteiger partial charge in [-0.3, -0.25) is 0 Å². The lowest BCUT2D eigenvalue weighted by Crippen LogP contribution is -1.99. The van der Waals surface area contributed by atoms with Crippen molar-refractivity contribution in [1.82, 2.24) is 10.1 Å². The normalized spacial score (nSPS) is 10.5. The van der Waals surface area contributed by atoms with Gasteiger partial charge in [0.2, 0.25) is 5.89 Å². The lowest BCUT2D eigenvalue weighted by Gasteiger charge is -2.01. The molecule has 1 heterocycles. The molecule has 0 saturated carbocycles. The molecular formula is C13H17N3OS. The summed E-state index contributed by atoms with van der Waals surface area (Å²) < 4.78 is 5.18. The molecule has 0 atom stereocenters. The molecular weight excluding hydrogens is 246 g/mol. The number of aromatic nitrogens is 2. The van der Waals surface area contributed by atoms with E-state index >= 15 is 0 Å². The Labute approximate surface area is 111 Å². The van der Waals surface area contributed by atoms with E-state index in [1.165, 1.54) is 6.42 Å².